The summed E-state index contributed by atoms with van der Waals surface area (Å²) in [6, 6.07) is 8.49. The van der Waals surface area contributed by atoms with E-state index in [1.807, 2.05) is 70.8 Å². The molecule has 0 bridgehead atoms. The number of benzene rings is 1. The standard InChI is InChI=1S/C27H32FN5O2/c1-17(2)27(34)26-22(18(3)32(6)30-26)11-12-35-24-13-20(28)8-9-23(24)19-7-10-25-29-14-21(16-31(4)5)33(25)15-19/h7-10,13-15,17H,11-12,16H2,1-6H3. The molecule has 0 saturated carbocycles. The molecule has 4 rings (SSSR count). The van der Waals surface area contributed by atoms with E-state index >= 15 is 0 Å². The molecule has 0 aliphatic carbocycles. The predicted octanol–water partition coefficient (Wildman–Crippen LogP) is 4.70. The van der Waals surface area contributed by atoms with E-state index < -0.39 is 0 Å². The van der Waals surface area contributed by atoms with Crippen LogP contribution in [0.15, 0.2) is 42.7 Å². The number of hydrogen-bond donors (Lipinski definition) is 0. The fourth-order valence-electron chi connectivity index (χ4n) is 4.17. The van der Waals surface area contributed by atoms with Gasteiger partial charge in [-0.15, -0.1) is 0 Å². The van der Waals surface area contributed by atoms with Gasteiger partial charge in [0, 0.05) is 60.6 Å². The Hall–Kier alpha value is -3.52. The minimum absolute atomic E-state index is 0.0114. The molecule has 184 valence electrons. The van der Waals surface area contributed by atoms with E-state index in [1.54, 1.807) is 10.7 Å². The highest BCUT2D eigenvalue weighted by atomic mass is 19.1. The fourth-order valence-corrected chi connectivity index (χ4v) is 4.17. The molecule has 35 heavy (non-hydrogen) atoms. The van der Waals surface area contributed by atoms with E-state index in [2.05, 4.69) is 15.0 Å². The number of ether oxygens (including phenoxy) is 1. The molecule has 0 spiro atoms. The molecule has 3 heterocycles. The summed E-state index contributed by atoms with van der Waals surface area (Å²) in [5, 5.41) is 4.43. The van der Waals surface area contributed by atoms with Crippen molar-refractivity contribution in [3.05, 3.63) is 71.2 Å². The fraction of sp³-hybridized carbons (Fsp3) is 0.370. The van der Waals surface area contributed by atoms with Gasteiger partial charge in [-0.3, -0.25) is 9.48 Å². The summed E-state index contributed by atoms with van der Waals surface area (Å²) in [5.74, 6) is -0.0440. The first kappa shape index (κ1) is 24.6. The van der Waals surface area contributed by atoms with E-state index in [-0.39, 0.29) is 17.5 Å². The number of carbonyl (C=O) groups is 1. The maximum absolute atomic E-state index is 14.2. The Kier molecular flexibility index (Phi) is 7.03. The van der Waals surface area contributed by atoms with Crippen LogP contribution in [0.2, 0.25) is 0 Å². The molecule has 0 aliphatic rings. The van der Waals surface area contributed by atoms with Crippen molar-refractivity contribution in [3.63, 3.8) is 0 Å². The normalized spacial score (nSPS) is 11.7. The quantitative estimate of drug-likeness (QED) is 0.327. The largest absolute Gasteiger partial charge is 0.492 e. The van der Waals surface area contributed by atoms with Gasteiger partial charge in [-0.1, -0.05) is 13.8 Å². The summed E-state index contributed by atoms with van der Waals surface area (Å²) in [6.45, 7) is 6.72. The van der Waals surface area contributed by atoms with Crippen LogP contribution in [-0.4, -0.2) is 50.6 Å². The second kappa shape index (κ2) is 10.00. The first-order valence-electron chi connectivity index (χ1n) is 11.8. The zero-order valence-corrected chi connectivity index (χ0v) is 21.2. The van der Waals surface area contributed by atoms with Crippen LogP contribution >= 0.6 is 0 Å². The van der Waals surface area contributed by atoms with E-state index in [0.717, 1.165) is 40.3 Å². The summed E-state index contributed by atoms with van der Waals surface area (Å²) >= 11 is 0. The third kappa shape index (κ3) is 5.12. The Morgan fingerprint density at radius 1 is 1.20 bits per heavy atom. The minimum atomic E-state index is -0.367. The van der Waals surface area contributed by atoms with Crippen molar-refractivity contribution in [2.75, 3.05) is 20.7 Å². The number of nitrogens with zero attached hydrogens (tertiary/aromatic N) is 5. The van der Waals surface area contributed by atoms with Gasteiger partial charge in [-0.2, -0.15) is 5.10 Å². The minimum Gasteiger partial charge on any atom is -0.492 e. The number of carbonyl (C=O) groups excluding carboxylic acids is 1. The third-order valence-corrected chi connectivity index (χ3v) is 6.14. The Morgan fingerprint density at radius 2 is 1.97 bits per heavy atom. The highest BCUT2D eigenvalue weighted by Gasteiger charge is 2.22. The summed E-state index contributed by atoms with van der Waals surface area (Å²) < 4.78 is 24.1. The van der Waals surface area contributed by atoms with Crippen LogP contribution in [0, 0.1) is 18.7 Å². The topological polar surface area (TPSA) is 64.7 Å². The van der Waals surface area contributed by atoms with Gasteiger partial charge in [-0.05, 0) is 45.3 Å². The number of imidazole rings is 1. The number of aromatic nitrogens is 4. The predicted molar refractivity (Wildman–Crippen MR) is 134 cm³/mol. The van der Waals surface area contributed by atoms with Crippen LogP contribution in [0.5, 0.6) is 5.75 Å². The molecule has 1 aromatic carbocycles. The second-order valence-corrected chi connectivity index (χ2v) is 9.43. The number of halogens is 1. The molecule has 8 heteroatoms. The van der Waals surface area contributed by atoms with Gasteiger partial charge in [0.05, 0.1) is 18.5 Å². The Bertz CT molecular complexity index is 1370. The van der Waals surface area contributed by atoms with Crippen LogP contribution in [-0.2, 0) is 20.0 Å². The zero-order chi connectivity index (χ0) is 25.3. The first-order chi connectivity index (χ1) is 16.7. The Labute approximate surface area is 205 Å². The summed E-state index contributed by atoms with van der Waals surface area (Å²) in [5.41, 5.74) is 5.89. The van der Waals surface area contributed by atoms with Crippen molar-refractivity contribution in [1.29, 1.82) is 0 Å². The van der Waals surface area contributed by atoms with Gasteiger partial charge in [0.1, 0.15) is 22.9 Å². The zero-order valence-electron chi connectivity index (χ0n) is 21.2. The second-order valence-electron chi connectivity index (χ2n) is 9.43. The molecule has 0 N–H and O–H groups in total. The van der Waals surface area contributed by atoms with Crippen LogP contribution in [0.25, 0.3) is 16.8 Å². The molecular weight excluding hydrogens is 445 g/mol. The lowest BCUT2D eigenvalue weighted by atomic mass is 10.0. The molecule has 4 aromatic rings. The lowest BCUT2D eigenvalue weighted by Gasteiger charge is -2.14. The molecule has 0 radical (unpaired) electrons. The molecule has 3 aromatic heterocycles. The maximum Gasteiger partial charge on any atom is 0.185 e. The van der Waals surface area contributed by atoms with Gasteiger partial charge >= 0.3 is 0 Å². The van der Waals surface area contributed by atoms with Crippen molar-refractivity contribution < 1.29 is 13.9 Å². The molecule has 0 fully saturated rings. The number of aryl methyl sites for hydroxylation is 1. The average Bonchev–Trinajstić information content (AvgIpc) is 3.33. The number of pyridine rings is 1. The van der Waals surface area contributed by atoms with E-state index in [9.17, 15) is 9.18 Å². The lowest BCUT2D eigenvalue weighted by molar-refractivity contribution is 0.0932. The molecule has 0 unspecified atom stereocenters. The monoisotopic (exact) mass is 477 g/mol. The van der Waals surface area contributed by atoms with Crippen molar-refractivity contribution in [1.82, 2.24) is 24.1 Å². The number of hydrogen-bond acceptors (Lipinski definition) is 5. The lowest BCUT2D eigenvalue weighted by Crippen LogP contribution is -2.13. The van der Waals surface area contributed by atoms with Crippen LogP contribution < -0.4 is 4.74 Å². The van der Waals surface area contributed by atoms with Gasteiger partial charge in [-0.25, -0.2) is 9.37 Å². The molecule has 0 atom stereocenters. The molecule has 0 saturated heterocycles. The average molecular weight is 478 g/mol. The van der Waals surface area contributed by atoms with Crippen LogP contribution in [0.4, 0.5) is 4.39 Å². The first-order valence-corrected chi connectivity index (χ1v) is 11.8. The Morgan fingerprint density at radius 3 is 2.69 bits per heavy atom. The Balaban J connectivity index is 1.61. The van der Waals surface area contributed by atoms with Gasteiger partial charge in [0.25, 0.3) is 0 Å². The van der Waals surface area contributed by atoms with Gasteiger partial charge in [0.2, 0.25) is 0 Å². The van der Waals surface area contributed by atoms with Crippen molar-refractivity contribution in [2.45, 2.75) is 33.7 Å². The number of ketones is 1. The van der Waals surface area contributed by atoms with Crippen molar-refractivity contribution >= 4 is 11.4 Å². The van der Waals surface area contributed by atoms with Crippen LogP contribution in [0.3, 0.4) is 0 Å². The highest BCUT2D eigenvalue weighted by molar-refractivity contribution is 5.97. The SMILES string of the molecule is Cc1c(CCOc2cc(F)ccc2-c2ccc3ncc(CN(C)C)n3c2)c(C(=O)C(C)C)nn1C. The van der Waals surface area contributed by atoms with Crippen molar-refractivity contribution in [3.8, 4) is 16.9 Å². The van der Waals surface area contributed by atoms with E-state index in [0.29, 0.717) is 24.5 Å². The number of fused-ring (bicyclic) bond motifs is 1. The molecule has 0 amide bonds. The van der Waals surface area contributed by atoms with Gasteiger partial charge < -0.3 is 14.0 Å². The third-order valence-electron chi connectivity index (χ3n) is 6.14. The van der Waals surface area contributed by atoms with Crippen molar-refractivity contribution in [2.24, 2.45) is 13.0 Å². The smallest absolute Gasteiger partial charge is 0.185 e. The molecular formula is C27H32FN5O2. The van der Waals surface area contributed by atoms with Crippen LogP contribution in [0.1, 0.15) is 41.3 Å². The number of rotatable bonds is 9. The maximum atomic E-state index is 14.2. The van der Waals surface area contributed by atoms with Gasteiger partial charge in [0.15, 0.2) is 5.78 Å². The summed E-state index contributed by atoms with van der Waals surface area (Å²) in [7, 11) is 5.86. The summed E-state index contributed by atoms with van der Waals surface area (Å²) in [4.78, 5) is 19.2. The van der Waals surface area contributed by atoms with E-state index in [1.165, 1.54) is 12.1 Å². The number of Topliss-reactive ketones (excluding diaryl/α,β-unsaturated/α-hetero) is 1. The summed E-state index contributed by atoms with van der Waals surface area (Å²) in [6.07, 6.45) is 4.37. The van der Waals surface area contributed by atoms with E-state index in [4.69, 9.17) is 4.74 Å². The highest BCUT2D eigenvalue weighted by Crippen LogP contribution is 2.32. The molecule has 7 nitrogen and oxygen atoms in total. The molecule has 0 aliphatic heterocycles.